The lowest BCUT2D eigenvalue weighted by molar-refractivity contribution is 0.678. The van der Waals surface area contributed by atoms with Crippen LogP contribution in [0.3, 0.4) is 0 Å². The largest absolute Gasteiger partial charge is 0.363 e. The Hall–Kier alpha value is -3.74. The summed E-state index contributed by atoms with van der Waals surface area (Å²) in [4.78, 5) is 9.70. The fourth-order valence-electron chi connectivity index (χ4n) is 4.09. The Balaban J connectivity index is 1.53. The van der Waals surface area contributed by atoms with Gasteiger partial charge in [0.15, 0.2) is 5.82 Å². The van der Waals surface area contributed by atoms with E-state index in [1.807, 2.05) is 61.9 Å². The summed E-state index contributed by atoms with van der Waals surface area (Å²) < 4.78 is 3.61. The van der Waals surface area contributed by atoms with E-state index < -0.39 is 0 Å². The summed E-state index contributed by atoms with van der Waals surface area (Å²) in [5.74, 6) is 1.54. The number of rotatable bonds is 5. The van der Waals surface area contributed by atoms with Crippen LogP contribution in [0.15, 0.2) is 67.4 Å². The van der Waals surface area contributed by atoms with Crippen molar-refractivity contribution in [3.8, 4) is 33.6 Å². The monoisotopic (exact) mass is 425 g/mol. The predicted molar refractivity (Wildman–Crippen MR) is 127 cm³/mol. The molecule has 0 amide bonds. The van der Waals surface area contributed by atoms with Crippen LogP contribution in [-0.4, -0.2) is 35.6 Å². The summed E-state index contributed by atoms with van der Waals surface area (Å²) in [5.41, 5.74) is 5.11. The molecule has 3 aromatic heterocycles. The van der Waals surface area contributed by atoms with Crippen LogP contribution < -0.4 is 5.32 Å². The van der Waals surface area contributed by atoms with E-state index in [1.54, 1.807) is 4.68 Å². The number of hydrogen-bond acceptors (Lipinski definition) is 5. The standard InChI is InChI=1S/C25H27N7/c1-31-16-20(13-27-31)18-8-7-9-19(12-18)24-26-15-23(21-14-28-32(2)17-21)25(30-24)29-22-10-5-3-4-6-11-22/h5,7-10,12-17,22H,3-4,6,11H2,1-2H3,(H,26,29,30). The number of allylic oxidation sites excluding steroid dienone is 1. The molecule has 0 radical (unpaired) electrons. The minimum Gasteiger partial charge on any atom is -0.363 e. The average molecular weight is 426 g/mol. The first-order valence-corrected chi connectivity index (χ1v) is 11.0. The Morgan fingerprint density at radius 3 is 2.47 bits per heavy atom. The molecule has 0 aliphatic heterocycles. The number of nitrogens with zero attached hydrogens (tertiary/aromatic N) is 6. The molecule has 0 saturated heterocycles. The van der Waals surface area contributed by atoms with Gasteiger partial charge in [0.2, 0.25) is 0 Å². The minimum absolute atomic E-state index is 0.261. The van der Waals surface area contributed by atoms with Crippen LogP contribution in [-0.2, 0) is 14.1 Å². The van der Waals surface area contributed by atoms with Crippen molar-refractivity contribution in [2.45, 2.75) is 31.7 Å². The Morgan fingerprint density at radius 2 is 1.69 bits per heavy atom. The SMILES string of the molecule is Cn1cc(-c2cccc(-c3ncc(-c4cnn(C)c4)c(NC4C=CCCCC4)n3)c2)cn1. The Labute approximate surface area is 187 Å². The van der Waals surface area contributed by atoms with Gasteiger partial charge in [0.05, 0.1) is 12.4 Å². The highest BCUT2D eigenvalue weighted by atomic mass is 15.2. The van der Waals surface area contributed by atoms with E-state index in [4.69, 9.17) is 9.97 Å². The molecule has 1 aliphatic carbocycles. The summed E-state index contributed by atoms with van der Waals surface area (Å²) in [6.45, 7) is 0. The van der Waals surface area contributed by atoms with Crippen molar-refractivity contribution in [2.75, 3.05) is 5.32 Å². The molecule has 162 valence electrons. The third-order valence-electron chi connectivity index (χ3n) is 5.79. The smallest absolute Gasteiger partial charge is 0.161 e. The lowest BCUT2D eigenvalue weighted by atomic mass is 10.1. The molecule has 32 heavy (non-hydrogen) atoms. The van der Waals surface area contributed by atoms with Crippen molar-refractivity contribution in [1.29, 1.82) is 0 Å². The van der Waals surface area contributed by atoms with E-state index in [-0.39, 0.29) is 6.04 Å². The van der Waals surface area contributed by atoms with Crippen LogP contribution in [0.2, 0.25) is 0 Å². The molecule has 0 spiro atoms. The van der Waals surface area contributed by atoms with Crippen LogP contribution in [0.4, 0.5) is 5.82 Å². The summed E-state index contributed by atoms with van der Waals surface area (Å²) in [6.07, 6.45) is 18.9. The highest BCUT2D eigenvalue weighted by Gasteiger charge is 2.16. The molecular weight excluding hydrogens is 398 g/mol. The number of nitrogens with one attached hydrogen (secondary N) is 1. The van der Waals surface area contributed by atoms with Crippen molar-refractivity contribution in [3.05, 3.63) is 67.4 Å². The molecule has 1 N–H and O–H groups in total. The summed E-state index contributed by atoms with van der Waals surface area (Å²) in [6, 6.07) is 8.55. The van der Waals surface area contributed by atoms with E-state index in [1.165, 1.54) is 12.8 Å². The second kappa shape index (κ2) is 8.78. The Morgan fingerprint density at radius 1 is 0.906 bits per heavy atom. The van der Waals surface area contributed by atoms with Gasteiger partial charge < -0.3 is 5.32 Å². The molecular formula is C25H27N7. The number of aromatic nitrogens is 6. The van der Waals surface area contributed by atoms with Crippen LogP contribution >= 0.6 is 0 Å². The van der Waals surface area contributed by atoms with Gasteiger partial charge in [0.1, 0.15) is 5.82 Å². The summed E-state index contributed by atoms with van der Waals surface area (Å²) in [7, 11) is 3.84. The van der Waals surface area contributed by atoms with Gasteiger partial charge in [-0.05, 0) is 30.9 Å². The summed E-state index contributed by atoms with van der Waals surface area (Å²) in [5, 5.41) is 12.3. The molecule has 3 heterocycles. The number of aryl methyl sites for hydroxylation is 2. The van der Waals surface area contributed by atoms with Crippen molar-refractivity contribution < 1.29 is 0 Å². The van der Waals surface area contributed by atoms with Crippen molar-refractivity contribution in [1.82, 2.24) is 29.5 Å². The van der Waals surface area contributed by atoms with Gasteiger partial charge >= 0.3 is 0 Å². The Bertz CT molecular complexity index is 1250. The third kappa shape index (κ3) is 4.32. The van der Waals surface area contributed by atoms with E-state index in [0.717, 1.165) is 46.5 Å². The van der Waals surface area contributed by atoms with Crippen molar-refractivity contribution in [3.63, 3.8) is 0 Å². The van der Waals surface area contributed by atoms with Gasteiger partial charge in [0.25, 0.3) is 0 Å². The molecule has 1 aliphatic rings. The molecule has 0 bridgehead atoms. The maximum atomic E-state index is 4.98. The van der Waals surface area contributed by atoms with E-state index >= 15 is 0 Å². The predicted octanol–water partition coefficient (Wildman–Crippen LogP) is 4.86. The summed E-state index contributed by atoms with van der Waals surface area (Å²) >= 11 is 0. The molecule has 7 heteroatoms. The van der Waals surface area contributed by atoms with Gasteiger partial charge in [-0.15, -0.1) is 0 Å². The molecule has 0 saturated carbocycles. The van der Waals surface area contributed by atoms with Crippen LogP contribution in [0, 0.1) is 0 Å². The van der Waals surface area contributed by atoms with Crippen LogP contribution in [0.5, 0.6) is 0 Å². The van der Waals surface area contributed by atoms with Crippen LogP contribution in [0.1, 0.15) is 25.7 Å². The van der Waals surface area contributed by atoms with Gasteiger partial charge in [-0.1, -0.05) is 36.8 Å². The zero-order valence-electron chi connectivity index (χ0n) is 18.4. The topological polar surface area (TPSA) is 73.5 Å². The number of hydrogen-bond donors (Lipinski definition) is 1. The second-order valence-corrected chi connectivity index (χ2v) is 8.31. The molecule has 1 unspecified atom stereocenters. The maximum absolute atomic E-state index is 4.98. The van der Waals surface area contributed by atoms with Gasteiger partial charge in [0, 0.05) is 61.0 Å². The first-order chi connectivity index (χ1) is 15.7. The lowest BCUT2D eigenvalue weighted by Crippen LogP contribution is -2.18. The average Bonchev–Trinajstić information content (AvgIpc) is 3.35. The van der Waals surface area contributed by atoms with Gasteiger partial charge in [-0.25, -0.2) is 9.97 Å². The van der Waals surface area contributed by atoms with E-state index in [9.17, 15) is 0 Å². The van der Waals surface area contributed by atoms with Crippen LogP contribution in [0.25, 0.3) is 33.6 Å². The maximum Gasteiger partial charge on any atom is 0.161 e. The second-order valence-electron chi connectivity index (χ2n) is 8.31. The van der Waals surface area contributed by atoms with E-state index in [2.05, 4.69) is 39.8 Å². The molecule has 5 rings (SSSR count). The first-order valence-electron chi connectivity index (χ1n) is 11.0. The highest BCUT2D eigenvalue weighted by Crippen LogP contribution is 2.30. The normalized spacial score (nSPS) is 16.1. The van der Waals surface area contributed by atoms with Crippen molar-refractivity contribution >= 4 is 5.82 Å². The minimum atomic E-state index is 0.261. The molecule has 4 aromatic rings. The highest BCUT2D eigenvalue weighted by molar-refractivity contribution is 5.77. The molecule has 1 aromatic carbocycles. The fourth-order valence-corrected chi connectivity index (χ4v) is 4.09. The Kier molecular flexibility index (Phi) is 5.54. The number of anilines is 1. The van der Waals surface area contributed by atoms with E-state index in [0.29, 0.717) is 5.82 Å². The van der Waals surface area contributed by atoms with Gasteiger partial charge in [-0.3, -0.25) is 9.36 Å². The van der Waals surface area contributed by atoms with Gasteiger partial charge in [-0.2, -0.15) is 10.2 Å². The lowest BCUT2D eigenvalue weighted by Gasteiger charge is -2.17. The molecule has 1 atom stereocenters. The zero-order chi connectivity index (χ0) is 21.9. The zero-order valence-corrected chi connectivity index (χ0v) is 18.4. The van der Waals surface area contributed by atoms with Crippen molar-refractivity contribution in [2.24, 2.45) is 14.1 Å². The molecule has 7 nitrogen and oxygen atoms in total. The molecule has 0 fully saturated rings. The third-order valence-corrected chi connectivity index (χ3v) is 5.79. The fraction of sp³-hybridized carbons (Fsp3) is 0.280. The number of benzene rings is 1. The first kappa shape index (κ1) is 20.2. The quantitative estimate of drug-likeness (QED) is 0.463.